The minimum atomic E-state index is -0.284. The van der Waals surface area contributed by atoms with Gasteiger partial charge in [0.05, 0.1) is 24.9 Å². The molecule has 1 fully saturated rings. The van der Waals surface area contributed by atoms with Crippen LogP contribution in [0.15, 0.2) is 53.9 Å². The first kappa shape index (κ1) is 21.3. The van der Waals surface area contributed by atoms with Gasteiger partial charge in [0.1, 0.15) is 5.75 Å². The van der Waals surface area contributed by atoms with Gasteiger partial charge in [-0.25, -0.2) is 9.78 Å². The molecule has 0 atom stereocenters. The van der Waals surface area contributed by atoms with Gasteiger partial charge in [0.15, 0.2) is 5.13 Å². The Morgan fingerprint density at radius 2 is 1.94 bits per heavy atom. The highest BCUT2D eigenvalue weighted by Gasteiger charge is 2.24. The van der Waals surface area contributed by atoms with Gasteiger partial charge in [-0.1, -0.05) is 12.1 Å². The van der Waals surface area contributed by atoms with E-state index in [4.69, 9.17) is 4.74 Å². The molecule has 1 aromatic heterocycles. The molecule has 4 amide bonds. The molecule has 1 saturated heterocycles. The number of nitrogens with zero attached hydrogens (tertiary/aromatic N) is 2. The second kappa shape index (κ2) is 9.48. The van der Waals surface area contributed by atoms with Gasteiger partial charge in [-0.3, -0.25) is 14.5 Å². The van der Waals surface area contributed by atoms with Crippen molar-refractivity contribution in [1.29, 1.82) is 0 Å². The van der Waals surface area contributed by atoms with E-state index >= 15 is 0 Å². The van der Waals surface area contributed by atoms with Gasteiger partial charge < -0.3 is 20.7 Å². The summed E-state index contributed by atoms with van der Waals surface area (Å²) in [6, 6.07) is 13.6. The molecular formula is C22H21N5O4S. The summed E-state index contributed by atoms with van der Waals surface area (Å²) in [5, 5.41) is 10.7. The Balaban J connectivity index is 1.33. The van der Waals surface area contributed by atoms with Crippen molar-refractivity contribution in [3.8, 4) is 5.75 Å². The van der Waals surface area contributed by atoms with E-state index in [-0.39, 0.29) is 24.3 Å². The summed E-state index contributed by atoms with van der Waals surface area (Å²) < 4.78 is 5.24. The number of anilines is 3. The Kier molecular flexibility index (Phi) is 6.31. The van der Waals surface area contributed by atoms with E-state index < -0.39 is 0 Å². The zero-order valence-electron chi connectivity index (χ0n) is 17.3. The second-order valence-electron chi connectivity index (χ2n) is 6.96. The first-order valence-electron chi connectivity index (χ1n) is 9.87. The average Bonchev–Trinajstić information content (AvgIpc) is 3.43. The van der Waals surface area contributed by atoms with Gasteiger partial charge in [-0.05, 0) is 36.4 Å². The Morgan fingerprint density at radius 1 is 1.16 bits per heavy atom. The largest absolute Gasteiger partial charge is 0.495 e. The molecule has 0 bridgehead atoms. The molecule has 0 radical (unpaired) electrons. The highest BCUT2D eigenvalue weighted by atomic mass is 32.1. The van der Waals surface area contributed by atoms with Crippen LogP contribution in [-0.4, -0.2) is 43.0 Å². The van der Waals surface area contributed by atoms with Crippen LogP contribution in [0.3, 0.4) is 0 Å². The number of ether oxygens (including phenoxy) is 1. The molecule has 0 unspecified atom stereocenters. The number of hydrogen-bond acceptors (Lipinski definition) is 6. The molecule has 2 aromatic carbocycles. The molecule has 3 aromatic rings. The SMILES string of the molecule is COc1ccccc1NC(=O)c1ccc(NC(=O)Cc2csc(N3CCNC3=O)n2)cc1. The van der Waals surface area contributed by atoms with E-state index in [1.165, 1.54) is 18.4 Å². The third kappa shape index (κ3) is 4.86. The number of carbonyl (C=O) groups is 3. The molecule has 9 nitrogen and oxygen atoms in total. The number of carbonyl (C=O) groups excluding carboxylic acids is 3. The van der Waals surface area contributed by atoms with E-state index in [9.17, 15) is 14.4 Å². The third-order valence-electron chi connectivity index (χ3n) is 4.76. The molecule has 10 heteroatoms. The maximum Gasteiger partial charge on any atom is 0.323 e. The van der Waals surface area contributed by atoms with Crippen LogP contribution >= 0.6 is 11.3 Å². The van der Waals surface area contributed by atoms with Gasteiger partial charge in [0.25, 0.3) is 5.91 Å². The molecule has 0 spiro atoms. The van der Waals surface area contributed by atoms with Crippen LogP contribution in [0.2, 0.25) is 0 Å². The predicted octanol–water partition coefficient (Wildman–Crippen LogP) is 3.11. The molecule has 0 saturated carbocycles. The molecular weight excluding hydrogens is 430 g/mol. The monoisotopic (exact) mass is 451 g/mol. The maximum absolute atomic E-state index is 12.5. The van der Waals surface area contributed by atoms with Crippen molar-refractivity contribution in [2.75, 3.05) is 35.7 Å². The number of amides is 4. The molecule has 1 aliphatic heterocycles. The fraction of sp³-hybridized carbons (Fsp3) is 0.182. The quantitative estimate of drug-likeness (QED) is 0.511. The number of urea groups is 1. The number of nitrogens with one attached hydrogen (secondary N) is 3. The summed E-state index contributed by atoms with van der Waals surface area (Å²) in [5.74, 6) is 0.0487. The number of hydrogen-bond donors (Lipinski definition) is 3. The van der Waals surface area contributed by atoms with Crippen molar-refractivity contribution in [3.63, 3.8) is 0 Å². The number of rotatable bonds is 7. The summed E-state index contributed by atoms with van der Waals surface area (Å²) in [6.07, 6.45) is 0.0853. The van der Waals surface area contributed by atoms with Crippen molar-refractivity contribution in [3.05, 3.63) is 65.2 Å². The Morgan fingerprint density at radius 3 is 2.66 bits per heavy atom. The maximum atomic E-state index is 12.5. The number of thiazole rings is 1. The molecule has 3 N–H and O–H groups in total. The summed E-state index contributed by atoms with van der Waals surface area (Å²) in [5.41, 5.74) is 2.18. The molecule has 0 aliphatic carbocycles. The van der Waals surface area contributed by atoms with E-state index in [0.29, 0.717) is 46.6 Å². The first-order valence-corrected chi connectivity index (χ1v) is 10.8. The normalized spacial score (nSPS) is 12.9. The summed E-state index contributed by atoms with van der Waals surface area (Å²) in [4.78, 5) is 42.5. The van der Waals surface area contributed by atoms with Gasteiger partial charge in [-0.15, -0.1) is 11.3 Å². The van der Waals surface area contributed by atoms with Gasteiger partial charge >= 0.3 is 6.03 Å². The van der Waals surface area contributed by atoms with E-state index in [2.05, 4.69) is 20.9 Å². The van der Waals surface area contributed by atoms with Crippen molar-refractivity contribution in [2.45, 2.75) is 6.42 Å². The lowest BCUT2D eigenvalue weighted by molar-refractivity contribution is -0.115. The standard InChI is InChI=1S/C22H21N5O4S/c1-31-18-5-3-2-4-17(18)26-20(29)14-6-8-15(9-7-14)24-19(28)12-16-13-32-22(25-16)27-11-10-23-21(27)30/h2-9,13H,10-12H2,1H3,(H,23,30)(H,24,28)(H,26,29). The molecule has 1 aliphatic rings. The zero-order chi connectivity index (χ0) is 22.5. The van der Waals surface area contributed by atoms with E-state index in [1.807, 2.05) is 12.1 Å². The average molecular weight is 452 g/mol. The summed E-state index contributed by atoms with van der Waals surface area (Å²) >= 11 is 1.33. The van der Waals surface area contributed by atoms with Gasteiger partial charge in [-0.2, -0.15) is 0 Å². The van der Waals surface area contributed by atoms with Crippen molar-refractivity contribution in [2.24, 2.45) is 0 Å². The van der Waals surface area contributed by atoms with Crippen LogP contribution in [0.5, 0.6) is 5.75 Å². The molecule has 32 heavy (non-hydrogen) atoms. The predicted molar refractivity (Wildman–Crippen MR) is 123 cm³/mol. The lowest BCUT2D eigenvalue weighted by Gasteiger charge is -2.10. The molecule has 164 valence electrons. The fourth-order valence-electron chi connectivity index (χ4n) is 3.17. The lowest BCUT2D eigenvalue weighted by Crippen LogP contribution is -2.27. The lowest BCUT2D eigenvalue weighted by atomic mass is 10.1. The Hall–Kier alpha value is -3.92. The second-order valence-corrected chi connectivity index (χ2v) is 7.80. The van der Waals surface area contributed by atoms with Crippen molar-refractivity contribution < 1.29 is 19.1 Å². The van der Waals surface area contributed by atoms with Crippen LogP contribution in [0.25, 0.3) is 0 Å². The minimum Gasteiger partial charge on any atom is -0.495 e. The van der Waals surface area contributed by atoms with Crippen LogP contribution in [0.1, 0.15) is 16.1 Å². The van der Waals surface area contributed by atoms with Crippen LogP contribution in [0.4, 0.5) is 21.3 Å². The minimum absolute atomic E-state index is 0.0853. The number of para-hydroxylation sites is 2. The smallest absolute Gasteiger partial charge is 0.323 e. The zero-order valence-corrected chi connectivity index (χ0v) is 18.1. The molecule has 4 rings (SSSR count). The van der Waals surface area contributed by atoms with Crippen molar-refractivity contribution in [1.82, 2.24) is 10.3 Å². The Bertz CT molecular complexity index is 1150. The van der Waals surface area contributed by atoms with Gasteiger partial charge in [0, 0.05) is 29.7 Å². The third-order valence-corrected chi connectivity index (χ3v) is 5.67. The number of benzene rings is 2. The number of aromatic nitrogens is 1. The highest BCUT2D eigenvalue weighted by molar-refractivity contribution is 7.14. The summed E-state index contributed by atoms with van der Waals surface area (Å²) in [6.45, 7) is 1.15. The van der Waals surface area contributed by atoms with Crippen LogP contribution in [0, 0.1) is 0 Å². The van der Waals surface area contributed by atoms with Crippen molar-refractivity contribution >= 4 is 45.7 Å². The van der Waals surface area contributed by atoms with E-state index in [0.717, 1.165) is 0 Å². The van der Waals surface area contributed by atoms with Crippen LogP contribution in [-0.2, 0) is 11.2 Å². The van der Waals surface area contributed by atoms with Gasteiger partial charge in [0.2, 0.25) is 5.91 Å². The first-order chi connectivity index (χ1) is 15.5. The van der Waals surface area contributed by atoms with Crippen LogP contribution < -0.4 is 25.6 Å². The fourth-order valence-corrected chi connectivity index (χ4v) is 4.02. The van der Waals surface area contributed by atoms with E-state index in [1.54, 1.807) is 46.7 Å². The molecule has 2 heterocycles. The Labute approximate surface area is 188 Å². The number of methoxy groups -OCH3 is 1. The highest BCUT2D eigenvalue weighted by Crippen LogP contribution is 2.24. The topological polar surface area (TPSA) is 113 Å². The summed E-state index contributed by atoms with van der Waals surface area (Å²) in [7, 11) is 1.54.